The molecule has 0 spiro atoms. The summed E-state index contributed by atoms with van der Waals surface area (Å²) in [4.78, 5) is 0. The van der Waals surface area contributed by atoms with E-state index in [9.17, 15) is 0 Å². The van der Waals surface area contributed by atoms with Crippen molar-refractivity contribution in [2.24, 2.45) is 29.1 Å². The fourth-order valence-corrected chi connectivity index (χ4v) is 2.92. The van der Waals surface area contributed by atoms with Crippen LogP contribution in [0.25, 0.3) is 0 Å². The average molecular weight is 182 g/mol. The molecular weight excluding hydrogens is 156 g/mol. The summed E-state index contributed by atoms with van der Waals surface area (Å²) in [6.45, 7) is 14.5. The third-order valence-electron chi connectivity index (χ3n) is 4.76. The maximum Gasteiger partial charge on any atom is -0.0269 e. The predicted octanol–water partition coefficient (Wildman–Crippen LogP) is 4.35. The van der Waals surface area contributed by atoms with E-state index >= 15 is 0 Å². The molecule has 0 aliphatic heterocycles. The third-order valence-corrected chi connectivity index (χ3v) is 4.76. The molecule has 1 fully saturated rings. The van der Waals surface area contributed by atoms with Crippen molar-refractivity contribution in [3.63, 3.8) is 0 Å². The van der Waals surface area contributed by atoms with E-state index in [1.807, 2.05) is 0 Å². The minimum Gasteiger partial charge on any atom is -0.0648 e. The Morgan fingerprint density at radius 2 is 1.77 bits per heavy atom. The standard InChI is InChI=1S/C13H26/c1-7-13(6,11(5)9(2)3)12-8-10(12)4/h9-12H,7-8H2,1-6H3. The van der Waals surface area contributed by atoms with Gasteiger partial charge in [0.05, 0.1) is 0 Å². The first kappa shape index (κ1) is 11.1. The van der Waals surface area contributed by atoms with Crippen molar-refractivity contribution < 1.29 is 0 Å². The van der Waals surface area contributed by atoms with Gasteiger partial charge in [0.1, 0.15) is 0 Å². The Balaban J connectivity index is 2.68. The fraction of sp³-hybridized carbons (Fsp3) is 1.00. The molecule has 1 saturated carbocycles. The van der Waals surface area contributed by atoms with Crippen molar-refractivity contribution in [3.05, 3.63) is 0 Å². The van der Waals surface area contributed by atoms with Crippen LogP contribution in [0.4, 0.5) is 0 Å². The Labute approximate surface area is 84.1 Å². The number of hydrogen-bond donors (Lipinski definition) is 0. The van der Waals surface area contributed by atoms with Crippen LogP contribution in [-0.4, -0.2) is 0 Å². The highest BCUT2D eigenvalue weighted by Crippen LogP contribution is 2.57. The molecule has 0 aromatic carbocycles. The zero-order chi connectivity index (χ0) is 10.2. The van der Waals surface area contributed by atoms with E-state index in [1.54, 1.807) is 0 Å². The Bertz CT molecular complexity index is 171. The van der Waals surface area contributed by atoms with E-state index in [0.717, 1.165) is 23.7 Å². The molecule has 0 N–H and O–H groups in total. The van der Waals surface area contributed by atoms with Crippen LogP contribution in [0.1, 0.15) is 54.4 Å². The second-order valence-electron chi connectivity index (χ2n) is 5.71. The molecule has 1 aliphatic rings. The largest absolute Gasteiger partial charge is 0.0648 e. The highest BCUT2D eigenvalue weighted by atomic mass is 14.5. The lowest BCUT2D eigenvalue weighted by atomic mass is 9.67. The summed E-state index contributed by atoms with van der Waals surface area (Å²) in [6.07, 6.45) is 2.82. The minimum atomic E-state index is 0.605. The van der Waals surface area contributed by atoms with Gasteiger partial charge in [-0.1, -0.05) is 48.0 Å². The molecule has 13 heavy (non-hydrogen) atoms. The third kappa shape index (κ3) is 1.92. The predicted molar refractivity (Wildman–Crippen MR) is 59.7 cm³/mol. The first-order valence-electron chi connectivity index (χ1n) is 5.93. The van der Waals surface area contributed by atoms with Gasteiger partial charge in [-0.15, -0.1) is 0 Å². The second-order valence-corrected chi connectivity index (χ2v) is 5.71. The van der Waals surface area contributed by atoms with Gasteiger partial charge in [0.2, 0.25) is 0 Å². The van der Waals surface area contributed by atoms with Gasteiger partial charge in [0.15, 0.2) is 0 Å². The average Bonchev–Trinajstić information content (AvgIpc) is 2.80. The van der Waals surface area contributed by atoms with E-state index in [-0.39, 0.29) is 0 Å². The van der Waals surface area contributed by atoms with Crippen LogP contribution >= 0.6 is 0 Å². The van der Waals surface area contributed by atoms with Gasteiger partial charge in [-0.3, -0.25) is 0 Å². The topological polar surface area (TPSA) is 0 Å². The Hall–Kier alpha value is 0. The van der Waals surface area contributed by atoms with Gasteiger partial charge in [0.25, 0.3) is 0 Å². The van der Waals surface area contributed by atoms with E-state index in [4.69, 9.17) is 0 Å². The van der Waals surface area contributed by atoms with Gasteiger partial charge in [0, 0.05) is 0 Å². The molecule has 78 valence electrons. The molecule has 0 bridgehead atoms. The Morgan fingerprint density at radius 1 is 1.31 bits per heavy atom. The van der Waals surface area contributed by atoms with E-state index in [0.29, 0.717) is 5.41 Å². The summed E-state index contributed by atoms with van der Waals surface area (Å²) in [5.74, 6) is 3.70. The summed E-state index contributed by atoms with van der Waals surface area (Å²) in [7, 11) is 0. The van der Waals surface area contributed by atoms with Crippen LogP contribution in [-0.2, 0) is 0 Å². The molecule has 0 heterocycles. The first-order valence-corrected chi connectivity index (χ1v) is 5.93. The van der Waals surface area contributed by atoms with Crippen LogP contribution in [0.2, 0.25) is 0 Å². The first-order chi connectivity index (χ1) is 5.93. The molecule has 0 aromatic rings. The van der Waals surface area contributed by atoms with Crippen molar-refractivity contribution >= 4 is 0 Å². The lowest BCUT2D eigenvalue weighted by Crippen LogP contribution is -2.31. The summed E-state index contributed by atoms with van der Waals surface area (Å²) < 4.78 is 0. The number of hydrogen-bond acceptors (Lipinski definition) is 0. The fourth-order valence-electron chi connectivity index (χ4n) is 2.92. The summed E-state index contributed by atoms with van der Waals surface area (Å²) in [5, 5.41) is 0. The van der Waals surface area contributed by atoms with Crippen LogP contribution in [0.15, 0.2) is 0 Å². The van der Waals surface area contributed by atoms with Crippen LogP contribution < -0.4 is 0 Å². The lowest BCUT2D eigenvalue weighted by molar-refractivity contribution is 0.109. The zero-order valence-corrected chi connectivity index (χ0v) is 10.2. The summed E-state index contributed by atoms with van der Waals surface area (Å²) in [5.41, 5.74) is 0.605. The van der Waals surface area contributed by atoms with E-state index < -0.39 is 0 Å². The van der Waals surface area contributed by atoms with Gasteiger partial charge in [-0.05, 0) is 35.5 Å². The normalized spacial score (nSPS) is 34.4. The second kappa shape index (κ2) is 3.63. The highest BCUT2D eigenvalue weighted by molar-refractivity contribution is 4.98. The minimum absolute atomic E-state index is 0.605. The van der Waals surface area contributed by atoms with Gasteiger partial charge < -0.3 is 0 Å². The Kier molecular flexibility index (Phi) is 3.09. The van der Waals surface area contributed by atoms with Gasteiger partial charge >= 0.3 is 0 Å². The quantitative estimate of drug-likeness (QED) is 0.606. The smallest absolute Gasteiger partial charge is 0.0269 e. The molecule has 4 atom stereocenters. The molecular formula is C13H26. The molecule has 0 saturated heterocycles. The summed E-state index contributed by atoms with van der Waals surface area (Å²) in [6, 6.07) is 0. The molecule has 1 rings (SSSR count). The van der Waals surface area contributed by atoms with E-state index in [2.05, 4.69) is 41.5 Å². The van der Waals surface area contributed by atoms with E-state index in [1.165, 1.54) is 12.8 Å². The van der Waals surface area contributed by atoms with Crippen LogP contribution in [0.3, 0.4) is 0 Å². The Morgan fingerprint density at radius 3 is 2.00 bits per heavy atom. The molecule has 0 amide bonds. The van der Waals surface area contributed by atoms with Crippen molar-refractivity contribution in [2.75, 3.05) is 0 Å². The maximum atomic E-state index is 2.51. The monoisotopic (exact) mass is 182 g/mol. The molecule has 0 heteroatoms. The van der Waals surface area contributed by atoms with Crippen molar-refractivity contribution in [1.82, 2.24) is 0 Å². The van der Waals surface area contributed by atoms with Crippen LogP contribution in [0.5, 0.6) is 0 Å². The molecule has 4 unspecified atom stereocenters. The molecule has 0 nitrogen and oxygen atoms in total. The highest BCUT2D eigenvalue weighted by Gasteiger charge is 2.49. The van der Waals surface area contributed by atoms with Crippen LogP contribution in [0, 0.1) is 29.1 Å². The summed E-state index contributed by atoms with van der Waals surface area (Å²) >= 11 is 0. The van der Waals surface area contributed by atoms with Crippen molar-refractivity contribution in [1.29, 1.82) is 0 Å². The van der Waals surface area contributed by atoms with Crippen molar-refractivity contribution in [2.45, 2.75) is 54.4 Å². The lowest BCUT2D eigenvalue weighted by Gasteiger charge is -2.38. The van der Waals surface area contributed by atoms with Crippen molar-refractivity contribution in [3.8, 4) is 0 Å². The maximum absolute atomic E-state index is 2.51. The molecule has 0 radical (unpaired) electrons. The molecule has 0 aromatic heterocycles. The molecule has 1 aliphatic carbocycles. The van der Waals surface area contributed by atoms with Gasteiger partial charge in [-0.2, -0.15) is 0 Å². The number of rotatable bonds is 4. The van der Waals surface area contributed by atoms with Gasteiger partial charge in [-0.25, -0.2) is 0 Å². The zero-order valence-electron chi connectivity index (χ0n) is 10.2. The SMILES string of the molecule is CCC(C)(C(C)C(C)C)C1CC1C.